The Balaban J connectivity index is 1.85. The summed E-state index contributed by atoms with van der Waals surface area (Å²) in [5, 5.41) is 0.501. The van der Waals surface area contributed by atoms with E-state index in [0.717, 1.165) is 15.6 Å². The zero-order chi connectivity index (χ0) is 19.7. The largest absolute Gasteiger partial charge is 0.317 e. The molecule has 0 aliphatic heterocycles. The van der Waals surface area contributed by atoms with E-state index in [4.69, 9.17) is 4.98 Å². The molecule has 6 heteroatoms. The first kappa shape index (κ1) is 18.4. The van der Waals surface area contributed by atoms with Gasteiger partial charge in [-0.1, -0.05) is 51.8 Å². The number of nitrogens with zero attached hydrogens (tertiary/aromatic N) is 2. The molecule has 28 heavy (non-hydrogen) atoms. The SMILES string of the molecule is Cc1cccc(-c2nc3ccccc3c(=O)n2NCc2cc(Br)ccc2F)c1. The molecule has 0 aliphatic carbocycles. The second-order valence-electron chi connectivity index (χ2n) is 6.53. The molecular weight excluding hydrogens is 421 g/mol. The summed E-state index contributed by atoms with van der Waals surface area (Å²) in [6.45, 7) is 2.13. The number of hydrogen-bond acceptors (Lipinski definition) is 3. The van der Waals surface area contributed by atoms with Crippen LogP contribution in [-0.2, 0) is 6.54 Å². The van der Waals surface area contributed by atoms with Crippen molar-refractivity contribution in [2.24, 2.45) is 0 Å². The average molecular weight is 438 g/mol. The van der Waals surface area contributed by atoms with Gasteiger partial charge in [0, 0.05) is 15.6 Å². The zero-order valence-electron chi connectivity index (χ0n) is 15.1. The number of hydrogen-bond donors (Lipinski definition) is 1. The van der Waals surface area contributed by atoms with Crippen LogP contribution in [0.1, 0.15) is 11.1 Å². The first-order chi connectivity index (χ1) is 13.5. The number of aromatic nitrogens is 2. The molecule has 0 saturated heterocycles. The summed E-state index contributed by atoms with van der Waals surface area (Å²) >= 11 is 3.35. The summed E-state index contributed by atoms with van der Waals surface area (Å²) in [6, 6.07) is 19.7. The van der Waals surface area contributed by atoms with Crippen LogP contribution in [0.25, 0.3) is 22.3 Å². The number of para-hydroxylation sites is 1. The van der Waals surface area contributed by atoms with Gasteiger partial charge in [0.25, 0.3) is 5.56 Å². The van der Waals surface area contributed by atoms with Crippen molar-refractivity contribution in [3.63, 3.8) is 0 Å². The van der Waals surface area contributed by atoms with Crippen molar-refractivity contribution < 1.29 is 4.39 Å². The minimum atomic E-state index is -0.338. The van der Waals surface area contributed by atoms with Gasteiger partial charge in [0.15, 0.2) is 5.82 Å². The highest BCUT2D eigenvalue weighted by molar-refractivity contribution is 9.10. The summed E-state index contributed by atoms with van der Waals surface area (Å²) in [6.07, 6.45) is 0. The lowest BCUT2D eigenvalue weighted by atomic mass is 10.1. The van der Waals surface area contributed by atoms with Gasteiger partial charge in [-0.05, 0) is 43.3 Å². The molecule has 0 amide bonds. The van der Waals surface area contributed by atoms with Crippen LogP contribution in [0, 0.1) is 12.7 Å². The molecular formula is C22H17BrFN3O. The van der Waals surface area contributed by atoms with E-state index >= 15 is 0 Å². The van der Waals surface area contributed by atoms with Crippen LogP contribution in [0.3, 0.4) is 0 Å². The molecule has 1 N–H and O–H groups in total. The lowest BCUT2D eigenvalue weighted by Crippen LogP contribution is -2.31. The van der Waals surface area contributed by atoms with Crippen molar-refractivity contribution in [1.29, 1.82) is 0 Å². The standard InChI is InChI=1S/C22H17BrFN3O/c1-14-5-4-6-15(11-14)21-26-20-8-3-2-7-18(20)22(28)27(21)25-13-16-12-17(23)9-10-19(16)24/h2-12,25H,13H2,1H3. The summed E-state index contributed by atoms with van der Waals surface area (Å²) in [4.78, 5) is 17.8. The van der Waals surface area contributed by atoms with Gasteiger partial charge in [-0.15, -0.1) is 0 Å². The third-order valence-electron chi connectivity index (χ3n) is 4.49. The minimum Gasteiger partial charge on any atom is -0.317 e. The Kier molecular flexibility index (Phi) is 4.96. The van der Waals surface area contributed by atoms with Gasteiger partial charge in [0.1, 0.15) is 5.82 Å². The molecule has 0 bridgehead atoms. The molecule has 4 nitrogen and oxygen atoms in total. The summed E-state index contributed by atoms with van der Waals surface area (Å²) < 4.78 is 16.3. The minimum absolute atomic E-state index is 0.143. The normalized spacial score (nSPS) is 11.0. The second-order valence-corrected chi connectivity index (χ2v) is 7.45. The molecule has 1 aromatic heterocycles. The number of nitrogens with one attached hydrogen (secondary N) is 1. The summed E-state index contributed by atoms with van der Waals surface area (Å²) in [5.74, 6) is 0.150. The number of halogens is 2. The molecule has 4 rings (SSSR count). The maximum absolute atomic E-state index is 14.1. The first-order valence-electron chi connectivity index (χ1n) is 8.79. The molecule has 4 aromatic rings. The first-order valence-corrected chi connectivity index (χ1v) is 9.59. The van der Waals surface area contributed by atoms with E-state index in [2.05, 4.69) is 21.4 Å². The van der Waals surface area contributed by atoms with Crippen molar-refractivity contribution in [2.45, 2.75) is 13.5 Å². The van der Waals surface area contributed by atoms with Crippen molar-refractivity contribution in [3.8, 4) is 11.4 Å². The van der Waals surface area contributed by atoms with E-state index in [9.17, 15) is 9.18 Å². The van der Waals surface area contributed by atoms with Crippen LogP contribution >= 0.6 is 15.9 Å². The fourth-order valence-electron chi connectivity index (χ4n) is 3.10. The molecule has 1 heterocycles. The van der Waals surface area contributed by atoms with Crippen molar-refractivity contribution in [2.75, 3.05) is 5.43 Å². The summed E-state index contributed by atoms with van der Waals surface area (Å²) in [7, 11) is 0. The lowest BCUT2D eigenvalue weighted by Gasteiger charge is -2.16. The van der Waals surface area contributed by atoms with Gasteiger partial charge in [0.2, 0.25) is 0 Å². The van der Waals surface area contributed by atoms with Gasteiger partial charge in [0.05, 0.1) is 17.4 Å². The second kappa shape index (κ2) is 7.56. The van der Waals surface area contributed by atoms with Gasteiger partial charge in [-0.2, -0.15) is 0 Å². The molecule has 0 atom stereocenters. The van der Waals surface area contributed by atoms with E-state index < -0.39 is 0 Å². The Morgan fingerprint density at radius 2 is 1.89 bits per heavy atom. The van der Waals surface area contributed by atoms with Crippen LogP contribution in [-0.4, -0.2) is 9.66 Å². The maximum atomic E-state index is 14.1. The van der Waals surface area contributed by atoms with E-state index in [1.54, 1.807) is 24.3 Å². The van der Waals surface area contributed by atoms with Crippen LogP contribution in [0.5, 0.6) is 0 Å². The maximum Gasteiger partial charge on any atom is 0.280 e. The van der Waals surface area contributed by atoms with Crippen LogP contribution in [0.4, 0.5) is 4.39 Å². The highest BCUT2D eigenvalue weighted by Gasteiger charge is 2.13. The van der Waals surface area contributed by atoms with Crippen molar-refractivity contribution in [3.05, 3.63) is 98.5 Å². The number of benzene rings is 3. The highest BCUT2D eigenvalue weighted by Crippen LogP contribution is 2.20. The Labute approximate surface area is 169 Å². The van der Waals surface area contributed by atoms with Gasteiger partial charge in [-0.25, -0.2) is 14.1 Å². The number of rotatable bonds is 4. The molecule has 0 aliphatic rings. The fourth-order valence-corrected chi connectivity index (χ4v) is 3.51. The molecule has 0 spiro atoms. The van der Waals surface area contributed by atoms with Crippen LogP contribution < -0.4 is 11.0 Å². The predicted octanol–water partition coefficient (Wildman–Crippen LogP) is 5.02. The zero-order valence-corrected chi connectivity index (χ0v) is 16.7. The van der Waals surface area contributed by atoms with Crippen molar-refractivity contribution >= 4 is 26.8 Å². The van der Waals surface area contributed by atoms with Crippen molar-refractivity contribution in [1.82, 2.24) is 9.66 Å². The molecule has 3 aromatic carbocycles. The highest BCUT2D eigenvalue weighted by atomic mass is 79.9. The third-order valence-corrected chi connectivity index (χ3v) is 4.98. The molecule has 0 saturated carbocycles. The molecule has 0 fully saturated rings. The Morgan fingerprint density at radius 3 is 2.71 bits per heavy atom. The number of fused-ring (bicyclic) bond motifs is 1. The Morgan fingerprint density at radius 1 is 1.07 bits per heavy atom. The van der Waals surface area contributed by atoms with Gasteiger partial charge < -0.3 is 5.43 Å². The topological polar surface area (TPSA) is 46.9 Å². The van der Waals surface area contributed by atoms with E-state index in [1.165, 1.54) is 10.7 Å². The monoisotopic (exact) mass is 437 g/mol. The van der Waals surface area contributed by atoms with Crippen LogP contribution in [0.15, 0.2) is 76.0 Å². The van der Waals surface area contributed by atoms with Gasteiger partial charge >= 0.3 is 0 Å². The van der Waals surface area contributed by atoms with E-state index in [1.807, 2.05) is 43.3 Å². The third kappa shape index (κ3) is 3.55. The fraction of sp³-hybridized carbons (Fsp3) is 0.0909. The van der Waals surface area contributed by atoms with Gasteiger partial charge in [-0.3, -0.25) is 4.79 Å². The number of aryl methyl sites for hydroxylation is 1. The van der Waals surface area contributed by atoms with E-state index in [0.29, 0.717) is 22.3 Å². The molecule has 140 valence electrons. The average Bonchev–Trinajstić information content (AvgIpc) is 2.69. The van der Waals surface area contributed by atoms with Crippen LogP contribution in [0.2, 0.25) is 0 Å². The Hall–Kier alpha value is -2.99. The Bertz CT molecular complexity index is 1240. The quantitative estimate of drug-likeness (QED) is 0.487. The van der Waals surface area contributed by atoms with E-state index in [-0.39, 0.29) is 17.9 Å². The molecule has 0 unspecified atom stereocenters. The molecule has 0 radical (unpaired) electrons. The lowest BCUT2D eigenvalue weighted by molar-refractivity contribution is 0.607. The predicted molar refractivity (Wildman–Crippen MR) is 113 cm³/mol. The summed E-state index contributed by atoms with van der Waals surface area (Å²) in [5.41, 5.74) is 5.77. The smallest absolute Gasteiger partial charge is 0.280 e.